The number of hydrogen-bond donors (Lipinski definition) is 4. The topological polar surface area (TPSA) is 101 Å². The average molecular weight is 263 g/mol. The van der Waals surface area contributed by atoms with Gasteiger partial charge in [-0.1, -0.05) is 12.8 Å². The van der Waals surface area contributed by atoms with Gasteiger partial charge in [-0.05, 0) is 31.0 Å². The summed E-state index contributed by atoms with van der Waals surface area (Å²) in [4.78, 5) is 12.0. The van der Waals surface area contributed by atoms with E-state index in [0.717, 1.165) is 25.7 Å². The van der Waals surface area contributed by atoms with Crippen LogP contribution in [0.25, 0.3) is 0 Å². The fourth-order valence-corrected chi connectivity index (χ4v) is 2.56. The maximum Gasteiger partial charge on any atom is 0.251 e. The molecule has 0 spiro atoms. The van der Waals surface area contributed by atoms with Gasteiger partial charge in [-0.3, -0.25) is 4.79 Å². The van der Waals surface area contributed by atoms with Crippen LogP contribution in [-0.2, 0) is 0 Å². The van der Waals surface area contributed by atoms with Crippen LogP contribution in [0.3, 0.4) is 0 Å². The van der Waals surface area contributed by atoms with E-state index in [0.29, 0.717) is 23.5 Å². The Morgan fingerprint density at radius 3 is 2.47 bits per heavy atom. The Labute approximate surface area is 113 Å². The van der Waals surface area contributed by atoms with Crippen molar-refractivity contribution in [3.8, 4) is 0 Å². The van der Waals surface area contributed by atoms with Crippen LogP contribution in [0.5, 0.6) is 0 Å². The average Bonchev–Trinajstić information content (AvgIpc) is 2.36. The van der Waals surface area contributed by atoms with Gasteiger partial charge < -0.3 is 21.9 Å². The number of carbonyl (C=O) groups is 1. The summed E-state index contributed by atoms with van der Waals surface area (Å²) in [5.74, 6) is -0.0483. The summed E-state index contributed by atoms with van der Waals surface area (Å²) < 4.78 is 0. The Kier molecular flexibility index (Phi) is 4.27. The second kappa shape index (κ2) is 5.93. The molecule has 2 unspecified atom stereocenters. The molecule has 1 aliphatic rings. The molecule has 2 atom stereocenters. The minimum absolute atomic E-state index is 0.149. The van der Waals surface area contributed by atoms with Gasteiger partial charge in [-0.2, -0.15) is 0 Å². The molecule has 6 N–H and O–H groups in total. The lowest BCUT2D eigenvalue weighted by Gasteiger charge is -2.27. The number of amides is 1. The van der Waals surface area contributed by atoms with Gasteiger partial charge in [0, 0.05) is 29.4 Å². The lowest BCUT2D eigenvalue weighted by atomic mass is 9.86. The molecule has 0 heterocycles. The Hall–Kier alpha value is -1.75. The van der Waals surface area contributed by atoms with E-state index in [1.54, 1.807) is 18.2 Å². The van der Waals surface area contributed by atoms with E-state index in [2.05, 4.69) is 5.32 Å². The monoisotopic (exact) mass is 263 g/mol. The van der Waals surface area contributed by atoms with Crippen molar-refractivity contribution in [2.45, 2.75) is 31.8 Å². The summed E-state index contributed by atoms with van der Waals surface area (Å²) in [5, 5.41) is 12.7. The van der Waals surface area contributed by atoms with Gasteiger partial charge in [0.25, 0.3) is 5.91 Å². The van der Waals surface area contributed by atoms with E-state index < -0.39 is 0 Å². The van der Waals surface area contributed by atoms with Gasteiger partial charge in [-0.15, -0.1) is 0 Å². The number of nitrogen functional groups attached to an aromatic ring is 2. The number of benzene rings is 1. The number of nitrogens with one attached hydrogen (secondary N) is 1. The second-order valence-electron chi connectivity index (χ2n) is 5.21. The summed E-state index contributed by atoms with van der Waals surface area (Å²) in [5.41, 5.74) is 12.7. The van der Waals surface area contributed by atoms with Crippen LogP contribution in [0.15, 0.2) is 18.2 Å². The standard InChI is InChI=1S/C14H21N3O2/c15-11-5-10(6-12(16)7-11)14(19)17-8-9-3-1-2-4-13(9)18/h5-7,9,13,18H,1-4,8,15-16H2,(H,17,19). The zero-order valence-electron chi connectivity index (χ0n) is 10.9. The van der Waals surface area contributed by atoms with Crippen LogP contribution >= 0.6 is 0 Å². The third-order valence-corrected chi connectivity index (χ3v) is 3.63. The largest absolute Gasteiger partial charge is 0.399 e. The molecule has 5 heteroatoms. The van der Waals surface area contributed by atoms with Crippen LogP contribution in [0.4, 0.5) is 11.4 Å². The van der Waals surface area contributed by atoms with Gasteiger partial charge in [0.15, 0.2) is 0 Å². The summed E-state index contributed by atoms with van der Waals surface area (Å²) in [6.45, 7) is 0.495. The van der Waals surface area contributed by atoms with Crippen molar-refractivity contribution >= 4 is 17.3 Å². The third kappa shape index (κ3) is 3.61. The number of nitrogens with two attached hydrogens (primary N) is 2. The number of rotatable bonds is 3. The highest BCUT2D eigenvalue weighted by Crippen LogP contribution is 2.23. The van der Waals surface area contributed by atoms with E-state index in [1.165, 1.54) is 0 Å². The van der Waals surface area contributed by atoms with Crippen LogP contribution in [-0.4, -0.2) is 23.7 Å². The van der Waals surface area contributed by atoms with E-state index in [4.69, 9.17) is 11.5 Å². The molecule has 0 radical (unpaired) electrons. The molecular weight excluding hydrogens is 242 g/mol. The second-order valence-corrected chi connectivity index (χ2v) is 5.21. The fraction of sp³-hybridized carbons (Fsp3) is 0.500. The van der Waals surface area contributed by atoms with E-state index >= 15 is 0 Å². The van der Waals surface area contributed by atoms with Gasteiger partial charge in [0.1, 0.15) is 0 Å². The Morgan fingerprint density at radius 2 is 1.84 bits per heavy atom. The number of aliphatic hydroxyl groups excluding tert-OH is 1. The predicted octanol–water partition coefficient (Wildman–Crippen LogP) is 1.13. The fourth-order valence-electron chi connectivity index (χ4n) is 2.56. The first-order valence-electron chi connectivity index (χ1n) is 6.68. The molecule has 1 aromatic carbocycles. The molecule has 0 saturated heterocycles. The normalized spacial score (nSPS) is 23.0. The molecule has 0 bridgehead atoms. The van der Waals surface area contributed by atoms with Crippen molar-refractivity contribution in [1.82, 2.24) is 5.32 Å². The first kappa shape index (κ1) is 13.7. The van der Waals surface area contributed by atoms with Crippen molar-refractivity contribution in [2.24, 2.45) is 5.92 Å². The van der Waals surface area contributed by atoms with Crippen LogP contribution in [0, 0.1) is 5.92 Å². The molecule has 1 fully saturated rings. The molecule has 1 aromatic rings. The van der Waals surface area contributed by atoms with Crippen molar-refractivity contribution < 1.29 is 9.90 Å². The predicted molar refractivity (Wildman–Crippen MR) is 75.6 cm³/mol. The summed E-state index contributed by atoms with van der Waals surface area (Å²) in [6.07, 6.45) is 3.66. The zero-order chi connectivity index (χ0) is 13.8. The first-order chi connectivity index (χ1) is 9.06. The highest BCUT2D eigenvalue weighted by atomic mass is 16.3. The highest BCUT2D eigenvalue weighted by Gasteiger charge is 2.23. The Morgan fingerprint density at radius 1 is 1.21 bits per heavy atom. The molecule has 1 amide bonds. The van der Waals surface area contributed by atoms with Gasteiger partial charge in [-0.25, -0.2) is 0 Å². The summed E-state index contributed by atoms with van der Waals surface area (Å²) in [6, 6.07) is 4.81. The van der Waals surface area contributed by atoms with Crippen molar-refractivity contribution in [2.75, 3.05) is 18.0 Å². The molecule has 1 aliphatic carbocycles. The zero-order valence-corrected chi connectivity index (χ0v) is 10.9. The number of hydrogen-bond acceptors (Lipinski definition) is 4. The number of anilines is 2. The first-order valence-corrected chi connectivity index (χ1v) is 6.68. The van der Waals surface area contributed by atoms with Gasteiger partial charge >= 0.3 is 0 Å². The van der Waals surface area contributed by atoms with Crippen LogP contribution < -0.4 is 16.8 Å². The lowest BCUT2D eigenvalue weighted by Crippen LogP contribution is -2.36. The summed E-state index contributed by atoms with van der Waals surface area (Å²) >= 11 is 0. The minimum atomic E-state index is -0.306. The maximum absolute atomic E-state index is 12.0. The van der Waals surface area contributed by atoms with Gasteiger partial charge in [0.2, 0.25) is 0 Å². The van der Waals surface area contributed by atoms with E-state index in [9.17, 15) is 9.90 Å². The maximum atomic E-state index is 12.0. The third-order valence-electron chi connectivity index (χ3n) is 3.63. The minimum Gasteiger partial charge on any atom is -0.399 e. The van der Waals surface area contributed by atoms with E-state index in [-0.39, 0.29) is 17.9 Å². The Bertz CT molecular complexity index is 442. The number of aliphatic hydroxyl groups is 1. The van der Waals surface area contributed by atoms with Crippen molar-refractivity contribution in [3.63, 3.8) is 0 Å². The van der Waals surface area contributed by atoms with Crippen molar-refractivity contribution in [1.29, 1.82) is 0 Å². The molecule has 5 nitrogen and oxygen atoms in total. The highest BCUT2D eigenvalue weighted by molar-refractivity contribution is 5.96. The Balaban J connectivity index is 1.93. The smallest absolute Gasteiger partial charge is 0.251 e. The molecule has 19 heavy (non-hydrogen) atoms. The number of carbonyl (C=O) groups excluding carboxylic acids is 1. The molecule has 0 aromatic heterocycles. The molecule has 2 rings (SSSR count). The molecule has 104 valence electrons. The van der Waals surface area contributed by atoms with Gasteiger partial charge in [0.05, 0.1) is 6.10 Å². The van der Waals surface area contributed by atoms with Crippen molar-refractivity contribution in [3.05, 3.63) is 23.8 Å². The lowest BCUT2D eigenvalue weighted by molar-refractivity contribution is 0.0663. The molecular formula is C14H21N3O2. The molecule has 1 saturated carbocycles. The van der Waals surface area contributed by atoms with Crippen LogP contribution in [0.1, 0.15) is 36.0 Å². The summed E-state index contributed by atoms with van der Waals surface area (Å²) in [7, 11) is 0. The SMILES string of the molecule is Nc1cc(N)cc(C(=O)NCC2CCCCC2O)c1. The van der Waals surface area contributed by atoms with Crippen LogP contribution in [0.2, 0.25) is 0 Å². The quantitative estimate of drug-likeness (QED) is 0.614. The van der Waals surface area contributed by atoms with E-state index in [1.807, 2.05) is 0 Å². The molecule has 0 aliphatic heterocycles.